The first-order valence-electron chi connectivity index (χ1n) is 11.2. The highest BCUT2D eigenvalue weighted by Crippen LogP contribution is 2.36. The molecule has 0 aliphatic carbocycles. The lowest BCUT2D eigenvalue weighted by Gasteiger charge is -2.14. The SMILES string of the molecule is Cc1ccc(NC(=O)Nc2c(F)cc(F)cc2F)cc1Nc1ccc2c(c1)NC(=O)/C2=C\c1ccc[nH]1. The monoisotopic (exact) mass is 503 g/mol. The zero-order valence-corrected chi connectivity index (χ0v) is 19.4. The minimum Gasteiger partial charge on any atom is -0.362 e. The Morgan fingerprint density at radius 2 is 1.68 bits per heavy atom. The fourth-order valence-corrected chi connectivity index (χ4v) is 3.93. The van der Waals surface area contributed by atoms with Gasteiger partial charge in [0.15, 0.2) is 11.6 Å². The number of anilines is 5. The lowest BCUT2D eigenvalue weighted by Crippen LogP contribution is -2.21. The number of aryl methyl sites for hydroxylation is 1. The zero-order chi connectivity index (χ0) is 26.1. The van der Waals surface area contributed by atoms with E-state index >= 15 is 0 Å². The smallest absolute Gasteiger partial charge is 0.323 e. The predicted octanol–water partition coefficient (Wildman–Crippen LogP) is 6.62. The number of hydrogen-bond acceptors (Lipinski definition) is 3. The van der Waals surface area contributed by atoms with Crippen molar-refractivity contribution in [2.24, 2.45) is 0 Å². The van der Waals surface area contributed by atoms with E-state index < -0.39 is 29.2 Å². The Morgan fingerprint density at radius 1 is 0.919 bits per heavy atom. The third-order valence-corrected chi connectivity index (χ3v) is 5.74. The number of rotatable bonds is 5. The number of aromatic amines is 1. The molecule has 0 radical (unpaired) electrons. The number of carbonyl (C=O) groups excluding carboxylic acids is 2. The number of amides is 3. The van der Waals surface area contributed by atoms with Gasteiger partial charge in [0, 0.05) is 46.6 Å². The average Bonchev–Trinajstić information content (AvgIpc) is 3.46. The van der Waals surface area contributed by atoms with E-state index in [0.717, 1.165) is 16.8 Å². The first-order valence-corrected chi connectivity index (χ1v) is 11.2. The van der Waals surface area contributed by atoms with E-state index in [2.05, 4.69) is 26.3 Å². The van der Waals surface area contributed by atoms with Gasteiger partial charge in [-0.2, -0.15) is 0 Å². The van der Waals surface area contributed by atoms with E-state index in [4.69, 9.17) is 0 Å². The summed E-state index contributed by atoms with van der Waals surface area (Å²) in [5.74, 6) is -3.75. The molecule has 3 aromatic carbocycles. The second-order valence-electron chi connectivity index (χ2n) is 8.38. The molecule has 5 N–H and O–H groups in total. The van der Waals surface area contributed by atoms with Crippen LogP contribution in [0.1, 0.15) is 16.8 Å². The van der Waals surface area contributed by atoms with Crippen LogP contribution in [0.25, 0.3) is 11.6 Å². The molecule has 5 rings (SSSR count). The van der Waals surface area contributed by atoms with Crippen LogP contribution in [0.4, 0.5) is 46.4 Å². The molecule has 0 atom stereocenters. The molecule has 3 amide bonds. The third-order valence-electron chi connectivity index (χ3n) is 5.74. The van der Waals surface area contributed by atoms with Gasteiger partial charge in [0.2, 0.25) is 0 Å². The maximum atomic E-state index is 13.8. The van der Waals surface area contributed by atoms with Gasteiger partial charge >= 0.3 is 6.03 Å². The molecule has 37 heavy (non-hydrogen) atoms. The molecule has 7 nitrogen and oxygen atoms in total. The average molecular weight is 503 g/mol. The highest BCUT2D eigenvalue weighted by Gasteiger charge is 2.24. The van der Waals surface area contributed by atoms with Crippen molar-refractivity contribution in [3.63, 3.8) is 0 Å². The van der Waals surface area contributed by atoms with Crippen LogP contribution >= 0.6 is 0 Å². The molecule has 0 unspecified atom stereocenters. The van der Waals surface area contributed by atoms with Crippen molar-refractivity contribution < 1.29 is 22.8 Å². The molecule has 0 saturated carbocycles. The molecule has 0 bridgehead atoms. The highest BCUT2D eigenvalue weighted by atomic mass is 19.1. The lowest BCUT2D eigenvalue weighted by atomic mass is 10.1. The molecule has 10 heteroatoms. The molecule has 0 saturated heterocycles. The van der Waals surface area contributed by atoms with Gasteiger partial charge in [-0.25, -0.2) is 18.0 Å². The van der Waals surface area contributed by atoms with E-state index in [1.165, 1.54) is 0 Å². The summed E-state index contributed by atoms with van der Waals surface area (Å²) in [5.41, 5.74) is 4.59. The summed E-state index contributed by atoms with van der Waals surface area (Å²) in [4.78, 5) is 27.9. The minimum absolute atomic E-state index is 0.204. The van der Waals surface area contributed by atoms with Crippen molar-refractivity contribution in [1.82, 2.24) is 4.98 Å². The first-order chi connectivity index (χ1) is 17.8. The number of benzene rings is 3. The summed E-state index contributed by atoms with van der Waals surface area (Å²) >= 11 is 0. The van der Waals surface area contributed by atoms with E-state index in [-0.39, 0.29) is 5.91 Å². The third kappa shape index (κ3) is 5.03. The normalized spacial score (nSPS) is 13.3. The fourth-order valence-electron chi connectivity index (χ4n) is 3.93. The van der Waals surface area contributed by atoms with Crippen molar-refractivity contribution in [1.29, 1.82) is 0 Å². The molecule has 1 aromatic heterocycles. The molecule has 1 aliphatic heterocycles. The Morgan fingerprint density at radius 3 is 2.41 bits per heavy atom. The molecule has 4 aromatic rings. The van der Waals surface area contributed by atoms with Crippen LogP contribution in [0.15, 0.2) is 66.9 Å². The summed E-state index contributed by atoms with van der Waals surface area (Å²) in [5, 5.41) is 10.7. The van der Waals surface area contributed by atoms with Gasteiger partial charge in [0.05, 0.1) is 11.3 Å². The Hall–Kier alpha value is -4.99. The quantitative estimate of drug-likeness (QED) is 0.198. The number of fused-ring (bicyclic) bond motifs is 1. The van der Waals surface area contributed by atoms with Crippen LogP contribution in [0.5, 0.6) is 0 Å². The number of halogens is 3. The molecule has 2 heterocycles. The highest BCUT2D eigenvalue weighted by molar-refractivity contribution is 6.35. The van der Waals surface area contributed by atoms with Gasteiger partial charge in [-0.05, 0) is 55.0 Å². The first kappa shape index (κ1) is 23.7. The van der Waals surface area contributed by atoms with Gasteiger partial charge in [-0.3, -0.25) is 4.79 Å². The Balaban J connectivity index is 1.32. The van der Waals surface area contributed by atoms with Crippen LogP contribution in [0.3, 0.4) is 0 Å². The second kappa shape index (κ2) is 9.57. The van der Waals surface area contributed by atoms with Crippen molar-refractivity contribution in [2.45, 2.75) is 6.92 Å². The maximum absolute atomic E-state index is 13.8. The number of carbonyl (C=O) groups is 2. The number of nitrogens with one attached hydrogen (secondary N) is 5. The van der Waals surface area contributed by atoms with Gasteiger partial charge in [-0.1, -0.05) is 12.1 Å². The Labute approximate surface area is 209 Å². The Bertz CT molecular complexity index is 1540. The second-order valence-corrected chi connectivity index (χ2v) is 8.38. The van der Waals surface area contributed by atoms with Crippen LogP contribution in [-0.2, 0) is 4.79 Å². The summed E-state index contributed by atoms with van der Waals surface area (Å²) in [7, 11) is 0. The summed E-state index contributed by atoms with van der Waals surface area (Å²) in [6, 6.07) is 14.3. The molecular formula is C27H20F3N5O2. The molecule has 1 aliphatic rings. The predicted molar refractivity (Wildman–Crippen MR) is 137 cm³/mol. The van der Waals surface area contributed by atoms with Crippen molar-refractivity contribution in [3.8, 4) is 0 Å². The largest absolute Gasteiger partial charge is 0.362 e. The number of hydrogen-bond donors (Lipinski definition) is 5. The van der Waals surface area contributed by atoms with Crippen LogP contribution in [-0.4, -0.2) is 16.9 Å². The van der Waals surface area contributed by atoms with Gasteiger partial charge < -0.3 is 26.3 Å². The van der Waals surface area contributed by atoms with E-state index in [0.29, 0.717) is 40.5 Å². The van der Waals surface area contributed by atoms with Crippen LogP contribution in [0.2, 0.25) is 0 Å². The number of H-pyrrole nitrogens is 1. The van der Waals surface area contributed by atoms with Crippen molar-refractivity contribution >= 4 is 52.0 Å². The maximum Gasteiger partial charge on any atom is 0.323 e. The van der Waals surface area contributed by atoms with Crippen LogP contribution < -0.4 is 21.3 Å². The summed E-state index contributed by atoms with van der Waals surface area (Å²) in [6.07, 6.45) is 3.56. The van der Waals surface area contributed by atoms with Crippen molar-refractivity contribution in [2.75, 3.05) is 21.3 Å². The topological polar surface area (TPSA) is 98.0 Å². The fraction of sp³-hybridized carbons (Fsp3) is 0.0370. The standard InChI is InChI=1S/C27H20F3N5O2/c1-14-4-5-18(33-27(37)35-25-21(29)9-15(28)10-22(25)30)12-23(14)32-17-6-7-19-20(11-16-3-2-8-31-16)26(36)34-24(19)13-17/h2-13,31-32H,1H3,(H,34,36)(H2,33,35,37)/b20-11-. The summed E-state index contributed by atoms with van der Waals surface area (Å²) < 4.78 is 40.8. The molecule has 0 spiro atoms. The van der Waals surface area contributed by atoms with Crippen LogP contribution in [0, 0.1) is 24.4 Å². The number of aromatic nitrogens is 1. The van der Waals surface area contributed by atoms with E-state index in [9.17, 15) is 22.8 Å². The van der Waals surface area contributed by atoms with Crippen molar-refractivity contribution in [3.05, 3.63) is 101 Å². The van der Waals surface area contributed by atoms with Gasteiger partial charge in [0.25, 0.3) is 5.91 Å². The minimum atomic E-state index is -1.23. The van der Waals surface area contributed by atoms with E-state index in [1.54, 1.807) is 36.5 Å². The lowest BCUT2D eigenvalue weighted by molar-refractivity contribution is -0.110. The molecular weight excluding hydrogens is 483 g/mol. The van der Waals surface area contributed by atoms with E-state index in [1.807, 2.05) is 31.2 Å². The molecule has 0 fully saturated rings. The molecule has 186 valence electrons. The van der Waals surface area contributed by atoms with Gasteiger partial charge in [-0.15, -0.1) is 0 Å². The van der Waals surface area contributed by atoms with Gasteiger partial charge in [0.1, 0.15) is 11.5 Å². The zero-order valence-electron chi connectivity index (χ0n) is 19.4. The Kier molecular flexibility index (Phi) is 6.14. The number of urea groups is 1. The summed E-state index contributed by atoms with van der Waals surface area (Å²) in [6.45, 7) is 1.86.